The molecule has 2 aromatic rings. The molecule has 0 unspecified atom stereocenters. The predicted molar refractivity (Wildman–Crippen MR) is 112 cm³/mol. The highest BCUT2D eigenvalue weighted by Gasteiger charge is 2.27. The van der Waals surface area contributed by atoms with Crippen molar-refractivity contribution in [2.24, 2.45) is 4.99 Å². The van der Waals surface area contributed by atoms with Gasteiger partial charge in [-0.05, 0) is 59.8 Å². The summed E-state index contributed by atoms with van der Waals surface area (Å²) in [6, 6.07) is 12.6. The molecular weight excluding hydrogens is 418 g/mol. The lowest BCUT2D eigenvalue weighted by Crippen LogP contribution is -2.30. The Morgan fingerprint density at radius 1 is 1.21 bits per heavy atom. The number of nitro benzene ring substituents is 1. The molecule has 1 aliphatic rings. The highest BCUT2D eigenvalue weighted by molar-refractivity contribution is 8.18. The number of hydrogen-bond acceptors (Lipinski definition) is 6. The fraction of sp³-hybridized carbons (Fsp3) is 0.105. The highest BCUT2D eigenvalue weighted by Crippen LogP contribution is 2.33. The lowest BCUT2D eigenvalue weighted by Gasteiger charge is -2.22. The van der Waals surface area contributed by atoms with E-state index in [4.69, 9.17) is 16.7 Å². The van der Waals surface area contributed by atoms with Crippen LogP contribution in [-0.4, -0.2) is 33.6 Å². The quantitative estimate of drug-likeness (QED) is 0.414. The molecule has 1 heterocycles. The van der Waals surface area contributed by atoms with Gasteiger partial charge in [-0.25, -0.2) is 0 Å². The lowest BCUT2D eigenvalue weighted by atomic mass is 10.2. The summed E-state index contributed by atoms with van der Waals surface area (Å²) in [7, 11) is 0. The molecule has 1 aliphatic heterocycles. The molecule has 10 heteroatoms. The fourth-order valence-electron chi connectivity index (χ4n) is 2.52. The zero-order valence-electron chi connectivity index (χ0n) is 14.8. The second-order valence-electron chi connectivity index (χ2n) is 5.93. The van der Waals surface area contributed by atoms with E-state index < -0.39 is 16.8 Å². The van der Waals surface area contributed by atoms with Crippen molar-refractivity contribution < 1.29 is 19.6 Å². The molecule has 0 atom stereocenters. The van der Waals surface area contributed by atoms with E-state index in [2.05, 4.69) is 4.99 Å². The van der Waals surface area contributed by atoms with Crippen molar-refractivity contribution in [3.05, 3.63) is 74.1 Å². The number of halogens is 1. The van der Waals surface area contributed by atoms with Gasteiger partial charge in [-0.2, -0.15) is 4.99 Å². The van der Waals surface area contributed by atoms with E-state index in [1.54, 1.807) is 47.4 Å². The fourth-order valence-corrected chi connectivity index (χ4v) is 3.61. The molecule has 0 bridgehead atoms. The molecule has 148 valence electrons. The third kappa shape index (κ3) is 5.21. The largest absolute Gasteiger partial charge is 0.481 e. The van der Waals surface area contributed by atoms with Crippen LogP contribution >= 0.6 is 23.4 Å². The smallest absolute Gasteiger partial charge is 0.305 e. The van der Waals surface area contributed by atoms with Gasteiger partial charge >= 0.3 is 5.97 Å². The number of carbonyl (C=O) groups excluding carboxylic acids is 1. The van der Waals surface area contributed by atoms with Gasteiger partial charge in [-0.3, -0.25) is 19.7 Å². The zero-order valence-corrected chi connectivity index (χ0v) is 16.4. The number of carboxylic acid groups (broad SMARTS) is 1. The third-order valence-corrected chi connectivity index (χ3v) is 5.19. The Labute approximate surface area is 174 Å². The molecule has 29 heavy (non-hydrogen) atoms. The summed E-state index contributed by atoms with van der Waals surface area (Å²) in [5.74, 6) is -1.43. The second-order valence-corrected chi connectivity index (χ2v) is 7.38. The van der Waals surface area contributed by atoms with E-state index in [-0.39, 0.29) is 18.7 Å². The Morgan fingerprint density at radius 3 is 2.45 bits per heavy atom. The Balaban J connectivity index is 1.83. The maximum Gasteiger partial charge on any atom is 0.305 e. The van der Waals surface area contributed by atoms with Crippen molar-refractivity contribution in [3.63, 3.8) is 0 Å². The minimum Gasteiger partial charge on any atom is -0.481 e. The zero-order chi connectivity index (χ0) is 21.0. The predicted octanol–water partition coefficient (Wildman–Crippen LogP) is 4.20. The molecule has 0 saturated heterocycles. The van der Waals surface area contributed by atoms with Crippen molar-refractivity contribution in [1.82, 2.24) is 0 Å². The molecule has 1 amide bonds. The summed E-state index contributed by atoms with van der Waals surface area (Å²) in [6.45, 7) is 0.126. The first-order chi connectivity index (χ1) is 13.8. The van der Waals surface area contributed by atoms with E-state index in [1.807, 2.05) is 0 Å². The van der Waals surface area contributed by atoms with Gasteiger partial charge in [0.1, 0.15) is 0 Å². The SMILES string of the molecule is O=C(O)CCN(C1=NC(=O)/C(=C/c2ccc([N+](=O)[O-])cc2)S1)c1ccc(Cl)cc1. The topological polar surface area (TPSA) is 113 Å². The van der Waals surface area contributed by atoms with Gasteiger partial charge in [0, 0.05) is 29.4 Å². The second kappa shape index (κ2) is 8.89. The molecular formula is C19H14ClN3O5S. The number of anilines is 1. The Kier molecular flexibility index (Phi) is 6.30. The number of aliphatic carboxylic acids is 1. The molecule has 0 saturated carbocycles. The van der Waals surface area contributed by atoms with Crippen LogP contribution in [0.3, 0.4) is 0 Å². The van der Waals surface area contributed by atoms with Crippen LogP contribution in [0, 0.1) is 10.1 Å². The first-order valence-electron chi connectivity index (χ1n) is 8.35. The number of aliphatic imine (C=N–C) groups is 1. The minimum absolute atomic E-state index is 0.0444. The maximum atomic E-state index is 12.3. The van der Waals surface area contributed by atoms with E-state index in [9.17, 15) is 19.7 Å². The number of amidine groups is 1. The van der Waals surface area contributed by atoms with Gasteiger partial charge in [0.05, 0.1) is 16.2 Å². The van der Waals surface area contributed by atoms with Crippen LogP contribution < -0.4 is 4.90 Å². The van der Waals surface area contributed by atoms with Crippen LogP contribution in [0.5, 0.6) is 0 Å². The van der Waals surface area contributed by atoms with E-state index in [0.29, 0.717) is 26.3 Å². The third-order valence-electron chi connectivity index (χ3n) is 3.93. The van der Waals surface area contributed by atoms with Gasteiger partial charge in [-0.15, -0.1) is 0 Å². The number of amides is 1. The average molecular weight is 432 g/mol. The summed E-state index contributed by atoms with van der Waals surface area (Å²) in [5.41, 5.74) is 1.23. The first-order valence-corrected chi connectivity index (χ1v) is 9.55. The molecule has 8 nitrogen and oxygen atoms in total. The van der Waals surface area contributed by atoms with Gasteiger partial charge in [0.2, 0.25) is 0 Å². The number of non-ortho nitro benzene ring substituents is 1. The van der Waals surface area contributed by atoms with Crippen molar-refractivity contribution in [2.45, 2.75) is 6.42 Å². The van der Waals surface area contributed by atoms with Gasteiger partial charge < -0.3 is 10.0 Å². The van der Waals surface area contributed by atoms with E-state index >= 15 is 0 Å². The number of thioether (sulfide) groups is 1. The van der Waals surface area contributed by atoms with Crippen LogP contribution in [0.25, 0.3) is 6.08 Å². The Morgan fingerprint density at radius 2 is 1.86 bits per heavy atom. The minimum atomic E-state index is -0.972. The number of rotatable bonds is 6. The highest BCUT2D eigenvalue weighted by atomic mass is 35.5. The summed E-state index contributed by atoms with van der Waals surface area (Å²) < 4.78 is 0. The number of benzene rings is 2. The van der Waals surface area contributed by atoms with Gasteiger partial charge in [0.15, 0.2) is 5.17 Å². The van der Waals surface area contributed by atoms with Crippen LogP contribution in [0.4, 0.5) is 11.4 Å². The van der Waals surface area contributed by atoms with Crippen LogP contribution in [-0.2, 0) is 9.59 Å². The number of nitro groups is 1. The molecule has 2 aromatic carbocycles. The molecule has 0 aromatic heterocycles. The van der Waals surface area contributed by atoms with Gasteiger partial charge in [0.25, 0.3) is 11.6 Å². The summed E-state index contributed by atoms with van der Waals surface area (Å²) >= 11 is 7.03. The number of nitrogens with zero attached hydrogens (tertiary/aromatic N) is 3. The van der Waals surface area contributed by atoms with Crippen molar-refractivity contribution in [2.75, 3.05) is 11.4 Å². The van der Waals surface area contributed by atoms with E-state index in [1.165, 1.54) is 12.1 Å². The molecule has 1 N–H and O–H groups in total. The van der Waals surface area contributed by atoms with Crippen molar-refractivity contribution in [3.8, 4) is 0 Å². The maximum absolute atomic E-state index is 12.3. The number of hydrogen-bond donors (Lipinski definition) is 1. The van der Waals surface area contributed by atoms with E-state index in [0.717, 1.165) is 11.8 Å². The normalized spacial score (nSPS) is 14.7. The monoisotopic (exact) mass is 431 g/mol. The van der Waals surface area contributed by atoms with Crippen LogP contribution in [0.1, 0.15) is 12.0 Å². The Bertz CT molecular complexity index is 1020. The molecule has 0 aliphatic carbocycles. The molecule has 0 fully saturated rings. The summed E-state index contributed by atoms with van der Waals surface area (Å²) in [6.07, 6.45) is 1.45. The van der Waals surface area contributed by atoms with Crippen molar-refractivity contribution in [1.29, 1.82) is 0 Å². The first kappa shape index (κ1) is 20.6. The van der Waals surface area contributed by atoms with Gasteiger partial charge in [-0.1, -0.05) is 11.6 Å². The van der Waals surface area contributed by atoms with Crippen molar-refractivity contribution >= 4 is 57.9 Å². The summed E-state index contributed by atoms with van der Waals surface area (Å²) in [4.78, 5) is 39.7. The number of carbonyl (C=O) groups is 2. The van der Waals surface area contributed by atoms with Crippen LogP contribution in [0.2, 0.25) is 5.02 Å². The molecule has 0 radical (unpaired) electrons. The molecule has 0 spiro atoms. The molecule has 3 rings (SSSR count). The lowest BCUT2D eigenvalue weighted by molar-refractivity contribution is -0.384. The Hall–Kier alpha value is -3.17. The van der Waals surface area contributed by atoms with Crippen LogP contribution in [0.15, 0.2) is 58.4 Å². The standard InChI is InChI=1S/C19H14ClN3O5S/c20-13-3-7-14(8-4-13)22(10-9-17(24)25)19-21-18(26)16(29-19)11-12-1-5-15(6-2-12)23(27)28/h1-8,11H,9-10H2,(H,24,25)/b16-11-. The average Bonchev–Trinajstić information content (AvgIpc) is 3.03. The summed E-state index contributed by atoms with van der Waals surface area (Å²) in [5, 5.41) is 20.7. The number of carboxylic acids is 1.